The van der Waals surface area contributed by atoms with Crippen molar-refractivity contribution in [3.05, 3.63) is 58.4 Å². The quantitative estimate of drug-likeness (QED) is 0.848. The van der Waals surface area contributed by atoms with E-state index in [-0.39, 0.29) is 5.78 Å². The third-order valence-corrected chi connectivity index (χ3v) is 3.81. The predicted octanol–water partition coefficient (Wildman–Crippen LogP) is 2.92. The number of carbonyl (C=O) groups excluding carboxylic acids is 1. The van der Waals surface area contributed by atoms with Gasteiger partial charge in [-0.15, -0.1) is 0 Å². The van der Waals surface area contributed by atoms with Gasteiger partial charge in [-0.1, -0.05) is 29.8 Å². The Kier molecular flexibility index (Phi) is 4.40. The second-order valence-corrected chi connectivity index (χ2v) is 5.36. The van der Waals surface area contributed by atoms with E-state index in [1.54, 1.807) is 0 Å². The molecule has 0 aliphatic rings. The van der Waals surface area contributed by atoms with Crippen LogP contribution in [0.4, 0.5) is 0 Å². The van der Waals surface area contributed by atoms with Gasteiger partial charge in [-0.3, -0.25) is 4.79 Å². The lowest BCUT2D eigenvalue weighted by atomic mass is 10.1. The highest BCUT2D eigenvalue weighted by Gasteiger charge is 2.13. The standard InChI is InChI=1S/C17H22N2O/c1-12-5-7-15(8-6-12)10-18-11-17(20)16-9-13(2)19(4)14(16)3/h5-9,18H,10-11H2,1-4H3. The summed E-state index contributed by atoms with van der Waals surface area (Å²) in [6.07, 6.45) is 0. The molecule has 0 atom stereocenters. The van der Waals surface area contributed by atoms with E-state index < -0.39 is 0 Å². The van der Waals surface area contributed by atoms with Gasteiger partial charge in [0.25, 0.3) is 0 Å². The van der Waals surface area contributed by atoms with Gasteiger partial charge < -0.3 is 9.88 Å². The molecule has 0 bridgehead atoms. The minimum absolute atomic E-state index is 0.151. The minimum Gasteiger partial charge on any atom is -0.351 e. The average molecular weight is 270 g/mol. The van der Waals surface area contributed by atoms with E-state index in [0.29, 0.717) is 6.54 Å². The van der Waals surface area contributed by atoms with Crippen LogP contribution in [-0.2, 0) is 13.6 Å². The molecule has 1 N–H and O–H groups in total. The maximum absolute atomic E-state index is 12.2. The Morgan fingerprint density at radius 3 is 2.35 bits per heavy atom. The fourth-order valence-corrected chi connectivity index (χ4v) is 2.26. The molecule has 2 aromatic rings. The molecule has 20 heavy (non-hydrogen) atoms. The van der Waals surface area contributed by atoms with Crippen LogP contribution in [0.1, 0.15) is 32.9 Å². The van der Waals surface area contributed by atoms with Crippen molar-refractivity contribution >= 4 is 5.78 Å². The summed E-state index contributed by atoms with van der Waals surface area (Å²) in [6.45, 7) is 7.17. The molecular weight excluding hydrogens is 248 g/mol. The zero-order valence-electron chi connectivity index (χ0n) is 12.7. The van der Waals surface area contributed by atoms with Gasteiger partial charge in [-0.25, -0.2) is 0 Å². The molecular formula is C17H22N2O. The van der Waals surface area contributed by atoms with Crippen molar-refractivity contribution in [1.29, 1.82) is 0 Å². The smallest absolute Gasteiger partial charge is 0.178 e. The van der Waals surface area contributed by atoms with Crippen LogP contribution in [0, 0.1) is 20.8 Å². The lowest BCUT2D eigenvalue weighted by Crippen LogP contribution is -2.23. The molecule has 3 nitrogen and oxygen atoms in total. The number of rotatable bonds is 5. The lowest BCUT2D eigenvalue weighted by molar-refractivity contribution is 0.0990. The van der Waals surface area contributed by atoms with Gasteiger partial charge in [0.2, 0.25) is 0 Å². The average Bonchev–Trinajstić information content (AvgIpc) is 2.69. The number of aryl methyl sites for hydroxylation is 2. The lowest BCUT2D eigenvalue weighted by Gasteiger charge is -2.05. The summed E-state index contributed by atoms with van der Waals surface area (Å²) in [7, 11) is 1.99. The molecule has 0 aliphatic heterocycles. The highest BCUT2D eigenvalue weighted by molar-refractivity contribution is 5.99. The van der Waals surface area contributed by atoms with Crippen molar-refractivity contribution < 1.29 is 4.79 Å². The predicted molar refractivity (Wildman–Crippen MR) is 82.1 cm³/mol. The zero-order chi connectivity index (χ0) is 14.7. The number of benzene rings is 1. The summed E-state index contributed by atoms with van der Waals surface area (Å²) in [6, 6.07) is 10.3. The van der Waals surface area contributed by atoms with Crippen molar-refractivity contribution in [3.63, 3.8) is 0 Å². The van der Waals surface area contributed by atoms with Gasteiger partial charge >= 0.3 is 0 Å². The summed E-state index contributed by atoms with van der Waals surface area (Å²) < 4.78 is 2.05. The Balaban J connectivity index is 1.92. The van der Waals surface area contributed by atoms with Gasteiger partial charge in [0.15, 0.2) is 5.78 Å². The van der Waals surface area contributed by atoms with E-state index in [9.17, 15) is 4.79 Å². The second kappa shape index (κ2) is 6.06. The van der Waals surface area contributed by atoms with Gasteiger partial charge in [-0.05, 0) is 32.4 Å². The van der Waals surface area contributed by atoms with E-state index in [0.717, 1.165) is 23.5 Å². The molecule has 0 unspecified atom stereocenters. The minimum atomic E-state index is 0.151. The fraction of sp³-hybridized carbons (Fsp3) is 0.353. The molecule has 0 spiro atoms. The Bertz CT molecular complexity index is 609. The Hall–Kier alpha value is -1.87. The molecule has 1 heterocycles. The van der Waals surface area contributed by atoms with Gasteiger partial charge in [0.05, 0.1) is 6.54 Å². The highest BCUT2D eigenvalue weighted by Crippen LogP contribution is 2.13. The van der Waals surface area contributed by atoms with Crippen molar-refractivity contribution in [1.82, 2.24) is 9.88 Å². The largest absolute Gasteiger partial charge is 0.351 e. The van der Waals surface area contributed by atoms with Crippen LogP contribution in [0.3, 0.4) is 0 Å². The van der Waals surface area contributed by atoms with Crippen LogP contribution in [0.5, 0.6) is 0 Å². The first-order valence-electron chi connectivity index (χ1n) is 6.91. The van der Waals surface area contributed by atoms with Crippen LogP contribution < -0.4 is 5.32 Å². The number of Topliss-reactive ketones (excluding diaryl/α,β-unsaturated/α-hetero) is 1. The number of hydrogen-bond donors (Lipinski definition) is 1. The van der Waals surface area contributed by atoms with Crippen molar-refractivity contribution in [2.75, 3.05) is 6.54 Å². The summed E-state index contributed by atoms with van der Waals surface area (Å²) in [5, 5.41) is 3.22. The first kappa shape index (κ1) is 14.5. The first-order chi connectivity index (χ1) is 9.49. The number of nitrogens with zero attached hydrogens (tertiary/aromatic N) is 1. The zero-order valence-corrected chi connectivity index (χ0v) is 12.7. The molecule has 106 valence electrons. The SMILES string of the molecule is Cc1ccc(CNCC(=O)c2cc(C)n(C)c2C)cc1. The molecule has 0 saturated heterocycles. The molecule has 2 rings (SSSR count). The van der Waals surface area contributed by atoms with E-state index in [2.05, 4.69) is 36.5 Å². The first-order valence-corrected chi connectivity index (χ1v) is 6.91. The fourth-order valence-electron chi connectivity index (χ4n) is 2.26. The van der Waals surface area contributed by atoms with Crippen LogP contribution in [0.2, 0.25) is 0 Å². The second-order valence-electron chi connectivity index (χ2n) is 5.36. The number of hydrogen-bond acceptors (Lipinski definition) is 2. The number of nitrogens with one attached hydrogen (secondary N) is 1. The number of ketones is 1. The molecule has 0 fully saturated rings. The van der Waals surface area contributed by atoms with Crippen LogP contribution in [0.25, 0.3) is 0 Å². The highest BCUT2D eigenvalue weighted by atomic mass is 16.1. The van der Waals surface area contributed by atoms with Crippen LogP contribution in [-0.4, -0.2) is 16.9 Å². The van der Waals surface area contributed by atoms with Gasteiger partial charge in [-0.2, -0.15) is 0 Å². The summed E-state index contributed by atoms with van der Waals surface area (Å²) >= 11 is 0. The van der Waals surface area contributed by atoms with E-state index in [4.69, 9.17) is 0 Å². The molecule has 3 heteroatoms. The van der Waals surface area contributed by atoms with Crippen molar-refractivity contribution in [3.8, 4) is 0 Å². The third-order valence-electron chi connectivity index (χ3n) is 3.81. The monoisotopic (exact) mass is 270 g/mol. The molecule has 1 aromatic heterocycles. The number of carbonyl (C=O) groups is 1. The molecule has 0 aliphatic carbocycles. The van der Waals surface area contributed by atoms with Gasteiger partial charge in [0.1, 0.15) is 0 Å². The topological polar surface area (TPSA) is 34.0 Å². The summed E-state index contributed by atoms with van der Waals surface area (Å²) in [5.74, 6) is 0.151. The Morgan fingerprint density at radius 2 is 1.80 bits per heavy atom. The molecule has 0 saturated carbocycles. The number of aromatic nitrogens is 1. The van der Waals surface area contributed by atoms with Crippen LogP contribution >= 0.6 is 0 Å². The van der Waals surface area contributed by atoms with E-state index in [1.165, 1.54) is 11.1 Å². The van der Waals surface area contributed by atoms with Crippen molar-refractivity contribution in [2.45, 2.75) is 27.3 Å². The maximum Gasteiger partial charge on any atom is 0.178 e. The van der Waals surface area contributed by atoms with E-state index in [1.807, 2.05) is 31.5 Å². The van der Waals surface area contributed by atoms with Gasteiger partial charge in [0, 0.05) is 30.5 Å². The van der Waals surface area contributed by atoms with Crippen molar-refractivity contribution in [2.24, 2.45) is 7.05 Å². The third kappa shape index (κ3) is 3.17. The molecule has 1 aromatic carbocycles. The molecule has 0 radical (unpaired) electrons. The van der Waals surface area contributed by atoms with E-state index >= 15 is 0 Å². The summed E-state index contributed by atoms with van der Waals surface area (Å²) in [5.41, 5.74) is 5.42. The Morgan fingerprint density at radius 1 is 1.15 bits per heavy atom. The molecule has 0 amide bonds. The summed E-state index contributed by atoms with van der Waals surface area (Å²) in [4.78, 5) is 12.2. The normalized spacial score (nSPS) is 10.8. The maximum atomic E-state index is 12.2. The van der Waals surface area contributed by atoms with Crippen LogP contribution in [0.15, 0.2) is 30.3 Å². The Labute approximate surface area is 120 Å².